The molecule has 7 heteroatoms. The third-order valence-electron chi connectivity index (χ3n) is 5.69. The van der Waals surface area contributed by atoms with Crippen LogP contribution in [-0.2, 0) is 10.2 Å². The van der Waals surface area contributed by atoms with Crippen molar-refractivity contribution in [2.45, 2.75) is 37.5 Å². The summed E-state index contributed by atoms with van der Waals surface area (Å²) >= 11 is 0. The maximum Gasteiger partial charge on any atom is 0.191 e. The Morgan fingerprint density at radius 2 is 1.78 bits per heavy atom. The Morgan fingerprint density at radius 1 is 1.11 bits per heavy atom. The van der Waals surface area contributed by atoms with Crippen molar-refractivity contribution in [2.75, 3.05) is 47.1 Å². The molecule has 0 unspecified atom stereocenters. The normalized spacial score (nSPS) is 19.9. The first-order chi connectivity index (χ1) is 12.7. The number of nitrogens with zero attached hydrogens (tertiary/aromatic N) is 2. The number of guanidine groups is 1. The Morgan fingerprint density at radius 3 is 2.41 bits per heavy atom. The highest BCUT2D eigenvalue weighted by Crippen LogP contribution is 2.42. The van der Waals surface area contributed by atoms with E-state index in [4.69, 9.17) is 24.9 Å². The largest absolute Gasteiger partial charge is 0.493 e. The number of methoxy groups -OCH3 is 2. The van der Waals surface area contributed by atoms with Crippen molar-refractivity contribution in [2.24, 2.45) is 10.7 Å². The number of ether oxygens (including phenoxy) is 3. The second-order valence-corrected chi connectivity index (χ2v) is 7.18. The van der Waals surface area contributed by atoms with E-state index < -0.39 is 0 Å². The predicted molar refractivity (Wildman–Crippen MR) is 119 cm³/mol. The molecule has 2 aliphatic rings. The van der Waals surface area contributed by atoms with Crippen LogP contribution in [0.15, 0.2) is 23.2 Å². The van der Waals surface area contributed by atoms with Crippen LogP contribution in [0.25, 0.3) is 0 Å². The molecule has 0 spiro atoms. The van der Waals surface area contributed by atoms with Gasteiger partial charge in [0.25, 0.3) is 0 Å². The Hall–Kier alpha value is -1.22. The van der Waals surface area contributed by atoms with Crippen LogP contribution >= 0.6 is 24.0 Å². The van der Waals surface area contributed by atoms with Gasteiger partial charge in [-0.2, -0.15) is 0 Å². The third-order valence-corrected chi connectivity index (χ3v) is 5.69. The zero-order valence-electron chi connectivity index (χ0n) is 16.4. The van der Waals surface area contributed by atoms with Crippen molar-refractivity contribution >= 4 is 29.9 Å². The van der Waals surface area contributed by atoms with E-state index in [0.29, 0.717) is 12.5 Å². The van der Waals surface area contributed by atoms with Crippen molar-refractivity contribution in [3.05, 3.63) is 23.8 Å². The van der Waals surface area contributed by atoms with Crippen molar-refractivity contribution in [3.63, 3.8) is 0 Å². The molecule has 0 aromatic heterocycles. The number of benzene rings is 1. The SMILES string of the molecule is COc1ccc(C2(CN=C(N)N3CCOCC3)CCCCC2)cc1OC.I. The van der Waals surface area contributed by atoms with Crippen molar-refractivity contribution in [1.82, 2.24) is 4.90 Å². The lowest BCUT2D eigenvalue weighted by Gasteiger charge is -2.37. The minimum absolute atomic E-state index is 0. The number of hydrogen-bond donors (Lipinski definition) is 1. The van der Waals surface area contributed by atoms with Crippen LogP contribution in [0.3, 0.4) is 0 Å². The number of rotatable bonds is 5. The van der Waals surface area contributed by atoms with E-state index in [1.54, 1.807) is 14.2 Å². The number of hydrogen-bond acceptors (Lipinski definition) is 4. The van der Waals surface area contributed by atoms with Gasteiger partial charge in [0.15, 0.2) is 17.5 Å². The maximum atomic E-state index is 6.28. The van der Waals surface area contributed by atoms with Gasteiger partial charge in [-0.1, -0.05) is 25.3 Å². The number of nitrogens with two attached hydrogens (primary N) is 1. The molecule has 0 bridgehead atoms. The summed E-state index contributed by atoms with van der Waals surface area (Å²) in [7, 11) is 3.35. The second-order valence-electron chi connectivity index (χ2n) is 7.18. The van der Waals surface area contributed by atoms with Crippen LogP contribution in [-0.4, -0.2) is 57.9 Å². The lowest BCUT2D eigenvalue weighted by Crippen LogP contribution is -2.45. The molecule has 1 heterocycles. The minimum atomic E-state index is 0. The fraction of sp³-hybridized carbons (Fsp3) is 0.650. The molecule has 6 nitrogen and oxygen atoms in total. The molecule has 2 N–H and O–H groups in total. The first-order valence-corrected chi connectivity index (χ1v) is 9.54. The summed E-state index contributed by atoms with van der Waals surface area (Å²) in [5.74, 6) is 2.18. The summed E-state index contributed by atoms with van der Waals surface area (Å²) in [5.41, 5.74) is 7.57. The highest BCUT2D eigenvalue weighted by Gasteiger charge is 2.34. The molecule has 1 saturated carbocycles. The number of aliphatic imine (C=N–C) groups is 1. The van der Waals surface area contributed by atoms with Gasteiger partial charge in [-0.3, -0.25) is 4.99 Å². The van der Waals surface area contributed by atoms with Crippen LogP contribution in [0.2, 0.25) is 0 Å². The van der Waals surface area contributed by atoms with E-state index in [0.717, 1.165) is 50.6 Å². The summed E-state index contributed by atoms with van der Waals surface area (Å²) in [6.07, 6.45) is 5.99. The third kappa shape index (κ3) is 5.19. The van der Waals surface area contributed by atoms with Gasteiger partial charge in [0.05, 0.1) is 34.0 Å². The van der Waals surface area contributed by atoms with Crippen LogP contribution in [0.5, 0.6) is 11.5 Å². The molecule has 1 saturated heterocycles. The lowest BCUT2D eigenvalue weighted by molar-refractivity contribution is 0.0673. The number of halogens is 1. The lowest BCUT2D eigenvalue weighted by atomic mass is 9.69. The first kappa shape index (κ1) is 22.1. The average molecular weight is 489 g/mol. The zero-order chi connectivity index (χ0) is 18.4. The van der Waals surface area contributed by atoms with Gasteiger partial charge in [-0.25, -0.2) is 0 Å². The van der Waals surface area contributed by atoms with Crippen molar-refractivity contribution in [1.29, 1.82) is 0 Å². The monoisotopic (exact) mass is 489 g/mol. The van der Waals surface area contributed by atoms with Crippen LogP contribution in [0, 0.1) is 0 Å². The molecule has 1 aliphatic heterocycles. The van der Waals surface area contributed by atoms with Crippen molar-refractivity contribution in [3.8, 4) is 11.5 Å². The smallest absolute Gasteiger partial charge is 0.191 e. The van der Waals surface area contributed by atoms with E-state index >= 15 is 0 Å². The summed E-state index contributed by atoms with van der Waals surface area (Å²) in [5, 5.41) is 0. The van der Waals surface area contributed by atoms with E-state index in [2.05, 4.69) is 17.0 Å². The molecule has 1 aliphatic carbocycles. The van der Waals surface area contributed by atoms with Crippen LogP contribution < -0.4 is 15.2 Å². The molecule has 152 valence electrons. The van der Waals surface area contributed by atoms with E-state index in [9.17, 15) is 0 Å². The summed E-state index contributed by atoms with van der Waals surface area (Å²) in [6, 6.07) is 6.28. The summed E-state index contributed by atoms with van der Waals surface area (Å²) < 4.78 is 16.3. The molecule has 0 atom stereocenters. The van der Waals surface area contributed by atoms with Gasteiger partial charge < -0.3 is 24.8 Å². The van der Waals surface area contributed by atoms with Gasteiger partial charge in [-0.15, -0.1) is 24.0 Å². The number of morpholine rings is 1. The van der Waals surface area contributed by atoms with Gasteiger partial charge in [0, 0.05) is 18.5 Å². The zero-order valence-corrected chi connectivity index (χ0v) is 18.7. The molecule has 3 rings (SSSR count). The van der Waals surface area contributed by atoms with Gasteiger partial charge in [0.1, 0.15) is 0 Å². The Bertz CT molecular complexity index is 627. The van der Waals surface area contributed by atoms with Gasteiger partial charge in [0.2, 0.25) is 0 Å². The molecule has 0 amide bonds. The molecule has 27 heavy (non-hydrogen) atoms. The van der Waals surface area contributed by atoms with Gasteiger partial charge >= 0.3 is 0 Å². The molecular formula is C20H32IN3O3. The van der Waals surface area contributed by atoms with Gasteiger partial charge in [-0.05, 0) is 30.5 Å². The quantitative estimate of drug-likeness (QED) is 0.391. The predicted octanol–water partition coefficient (Wildman–Crippen LogP) is 3.17. The Balaban J connectivity index is 0.00000261. The molecule has 0 radical (unpaired) electrons. The molecule has 1 aromatic rings. The fourth-order valence-electron chi connectivity index (χ4n) is 4.06. The first-order valence-electron chi connectivity index (χ1n) is 9.54. The second kappa shape index (κ2) is 10.4. The molecule has 2 fully saturated rings. The minimum Gasteiger partial charge on any atom is -0.493 e. The Labute approximate surface area is 179 Å². The van der Waals surface area contributed by atoms with E-state index in [1.165, 1.54) is 24.8 Å². The van der Waals surface area contributed by atoms with E-state index in [1.807, 2.05) is 6.07 Å². The molecular weight excluding hydrogens is 457 g/mol. The van der Waals surface area contributed by atoms with Crippen LogP contribution in [0.4, 0.5) is 0 Å². The highest BCUT2D eigenvalue weighted by atomic mass is 127. The Kier molecular flexibility index (Phi) is 8.47. The van der Waals surface area contributed by atoms with E-state index in [-0.39, 0.29) is 29.4 Å². The topological polar surface area (TPSA) is 69.3 Å². The molecule has 1 aromatic carbocycles. The fourth-order valence-corrected chi connectivity index (χ4v) is 4.06. The standard InChI is InChI=1S/C20H31N3O3.HI/c1-24-17-7-6-16(14-18(17)25-2)20(8-4-3-5-9-20)15-22-19(21)23-10-12-26-13-11-23;/h6-7,14H,3-5,8-13,15H2,1-2H3,(H2,21,22);1H. The summed E-state index contributed by atoms with van der Waals surface area (Å²) in [4.78, 5) is 6.93. The summed E-state index contributed by atoms with van der Waals surface area (Å²) in [6.45, 7) is 3.79. The average Bonchev–Trinajstić information content (AvgIpc) is 2.72. The highest BCUT2D eigenvalue weighted by molar-refractivity contribution is 14.0. The van der Waals surface area contributed by atoms with Crippen molar-refractivity contribution < 1.29 is 14.2 Å². The van der Waals surface area contributed by atoms with Crippen LogP contribution in [0.1, 0.15) is 37.7 Å². The maximum absolute atomic E-state index is 6.28.